The Morgan fingerprint density at radius 1 is 1.47 bits per heavy atom. The van der Waals surface area contributed by atoms with Gasteiger partial charge < -0.3 is 15.3 Å². The number of rotatable bonds is 3. The normalized spacial score (nSPS) is 20.6. The molecule has 17 heavy (non-hydrogen) atoms. The zero-order chi connectivity index (χ0) is 12.3. The Hall–Kier alpha value is -1.55. The second kappa shape index (κ2) is 5.19. The number of hydrogen-bond donors (Lipinski definition) is 2. The van der Waals surface area contributed by atoms with Crippen LogP contribution in [0.25, 0.3) is 0 Å². The third-order valence-corrected chi connectivity index (χ3v) is 3.20. The van der Waals surface area contributed by atoms with Crippen LogP contribution in [0.1, 0.15) is 18.4 Å². The fraction of sp³-hybridized carbons (Fsp3) is 0.462. The van der Waals surface area contributed by atoms with Gasteiger partial charge in [0.1, 0.15) is 5.75 Å². The molecule has 1 aromatic carbocycles. The zero-order valence-electron chi connectivity index (χ0n) is 10.0. The van der Waals surface area contributed by atoms with Crippen molar-refractivity contribution in [1.82, 2.24) is 10.2 Å². The molecular formula is C13H18N2O2. The van der Waals surface area contributed by atoms with E-state index in [4.69, 9.17) is 0 Å². The van der Waals surface area contributed by atoms with Crippen LogP contribution < -0.4 is 5.32 Å². The van der Waals surface area contributed by atoms with E-state index in [1.165, 1.54) is 0 Å². The lowest BCUT2D eigenvalue weighted by molar-refractivity contribution is -0.132. The van der Waals surface area contributed by atoms with Gasteiger partial charge in [-0.1, -0.05) is 18.2 Å². The van der Waals surface area contributed by atoms with Crippen molar-refractivity contribution in [2.75, 3.05) is 13.6 Å². The second-order valence-electron chi connectivity index (χ2n) is 4.52. The number of carbonyl (C=O) groups excluding carboxylic acids is 1. The second-order valence-corrected chi connectivity index (χ2v) is 4.52. The largest absolute Gasteiger partial charge is 0.508 e. The van der Waals surface area contributed by atoms with Crippen LogP contribution in [0.2, 0.25) is 0 Å². The highest BCUT2D eigenvalue weighted by Crippen LogP contribution is 2.16. The SMILES string of the molecule is CN1CC(NCc2ccccc2O)CCC1=O. The molecule has 1 amide bonds. The van der Waals surface area contributed by atoms with Crippen LogP contribution in [-0.4, -0.2) is 35.5 Å². The number of carbonyl (C=O) groups is 1. The maximum atomic E-state index is 11.3. The maximum Gasteiger partial charge on any atom is 0.222 e. The van der Waals surface area contributed by atoms with Crippen molar-refractivity contribution in [2.24, 2.45) is 0 Å². The van der Waals surface area contributed by atoms with Gasteiger partial charge in [-0.05, 0) is 12.5 Å². The monoisotopic (exact) mass is 234 g/mol. The minimum atomic E-state index is 0.214. The van der Waals surface area contributed by atoms with Crippen LogP contribution in [0.3, 0.4) is 0 Å². The molecular weight excluding hydrogens is 216 g/mol. The average molecular weight is 234 g/mol. The summed E-state index contributed by atoms with van der Waals surface area (Å²) >= 11 is 0. The molecule has 1 unspecified atom stereocenters. The van der Waals surface area contributed by atoms with Gasteiger partial charge in [-0.3, -0.25) is 4.79 Å². The Balaban J connectivity index is 1.87. The van der Waals surface area contributed by atoms with E-state index in [1.54, 1.807) is 11.0 Å². The Morgan fingerprint density at radius 3 is 2.94 bits per heavy atom. The quantitative estimate of drug-likeness (QED) is 0.823. The summed E-state index contributed by atoms with van der Waals surface area (Å²) < 4.78 is 0. The highest BCUT2D eigenvalue weighted by molar-refractivity contribution is 5.76. The van der Waals surface area contributed by atoms with Crippen molar-refractivity contribution in [3.63, 3.8) is 0 Å². The van der Waals surface area contributed by atoms with Gasteiger partial charge in [-0.25, -0.2) is 0 Å². The van der Waals surface area contributed by atoms with Crippen molar-refractivity contribution in [2.45, 2.75) is 25.4 Å². The van der Waals surface area contributed by atoms with Crippen molar-refractivity contribution < 1.29 is 9.90 Å². The molecule has 0 aromatic heterocycles. The summed E-state index contributed by atoms with van der Waals surface area (Å²) in [5.74, 6) is 0.533. The van der Waals surface area contributed by atoms with Gasteiger partial charge in [0.2, 0.25) is 5.91 Å². The van der Waals surface area contributed by atoms with Crippen molar-refractivity contribution in [3.8, 4) is 5.75 Å². The molecule has 4 heteroatoms. The van der Waals surface area contributed by atoms with Crippen LogP contribution >= 0.6 is 0 Å². The van der Waals surface area contributed by atoms with E-state index in [0.717, 1.165) is 18.5 Å². The summed E-state index contributed by atoms with van der Waals surface area (Å²) in [6.45, 7) is 1.38. The molecule has 1 atom stereocenters. The lowest BCUT2D eigenvalue weighted by Gasteiger charge is -2.30. The molecule has 1 heterocycles. The predicted molar refractivity (Wildman–Crippen MR) is 65.6 cm³/mol. The van der Waals surface area contributed by atoms with Gasteiger partial charge in [0.05, 0.1) is 0 Å². The molecule has 0 aliphatic carbocycles. The van der Waals surface area contributed by atoms with Crippen LogP contribution in [0.5, 0.6) is 5.75 Å². The minimum Gasteiger partial charge on any atom is -0.508 e. The van der Waals surface area contributed by atoms with E-state index in [2.05, 4.69) is 5.32 Å². The third kappa shape index (κ3) is 2.97. The molecule has 0 radical (unpaired) electrons. The van der Waals surface area contributed by atoms with E-state index in [1.807, 2.05) is 25.2 Å². The van der Waals surface area contributed by atoms with E-state index in [-0.39, 0.29) is 5.91 Å². The van der Waals surface area contributed by atoms with Crippen LogP contribution in [0.4, 0.5) is 0 Å². The summed E-state index contributed by atoms with van der Waals surface area (Å²) in [6, 6.07) is 7.63. The number of aromatic hydroxyl groups is 1. The summed E-state index contributed by atoms with van der Waals surface area (Å²) in [5.41, 5.74) is 0.895. The molecule has 92 valence electrons. The van der Waals surface area contributed by atoms with Crippen LogP contribution in [0.15, 0.2) is 24.3 Å². The van der Waals surface area contributed by atoms with Gasteiger partial charge >= 0.3 is 0 Å². The molecule has 0 bridgehead atoms. The minimum absolute atomic E-state index is 0.214. The Labute approximate surface area is 101 Å². The lowest BCUT2D eigenvalue weighted by Crippen LogP contribution is -2.46. The standard InChI is InChI=1S/C13H18N2O2/c1-15-9-11(6-7-13(15)17)14-8-10-4-2-3-5-12(10)16/h2-5,11,14,16H,6-9H2,1H3. The Bertz CT molecular complexity index is 406. The number of likely N-dealkylation sites (tertiary alicyclic amines) is 1. The fourth-order valence-corrected chi connectivity index (χ4v) is 2.09. The summed E-state index contributed by atoms with van der Waals surface area (Å²) in [7, 11) is 1.83. The molecule has 1 aromatic rings. The Kier molecular flexibility index (Phi) is 3.64. The third-order valence-electron chi connectivity index (χ3n) is 3.20. The first kappa shape index (κ1) is 11.9. The number of piperidine rings is 1. The Morgan fingerprint density at radius 2 is 2.24 bits per heavy atom. The molecule has 1 saturated heterocycles. The highest BCUT2D eigenvalue weighted by atomic mass is 16.3. The average Bonchev–Trinajstić information content (AvgIpc) is 2.32. The number of nitrogens with one attached hydrogen (secondary N) is 1. The first-order valence-corrected chi connectivity index (χ1v) is 5.91. The molecule has 2 rings (SSSR count). The topological polar surface area (TPSA) is 52.6 Å². The van der Waals surface area contributed by atoms with E-state index >= 15 is 0 Å². The fourth-order valence-electron chi connectivity index (χ4n) is 2.09. The van der Waals surface area contributed by atoms with Gasteiger partial charge in [0.15, 0.2) is 0 Å². The number of benzene rings is 1. The summed E-state index contributed by atoms with van der Waals surface area (Å²) in [6.07, 6.45) is 1.48. The molecule has 0 spiro atoms. The van der Waals surface area contributed by atoms with Gasteiger partial charge in [-0.2, -0.15) is 0 Å². The molecule has 2 N–H and O–H groups in total. The first-order valence-electron chi connectivity index (χ1n) is 5.91. The first-order chi connectivity index (χ1) is 8.16. The number of para-hydroxylation sites is 1. The number of nitrogens with zero attached hydrogens (tertiary/aromatic N) is 1. The molecule has 1 aliphatic heterocycles. The summed E-state index contributed by atoms with van der Waals surface area (Å²) in [4.78, 5) is 13.1. The van der Waals surface area contributed by atoms with Gasteiger partial charge in [0, 0.05) is 38.2 Å². The number of hydrogen-bond acceptors (Lipinski definition) is 3. The lowest BCUT2D eigenvalue weighted by atomic mass is 10.1. The number of phenols is 1. The van der Waals surface area contributed by atoms with Crippen molar-refractivity contribution >= 4 is 5.91 Å². The molecule has 1 fully saturated rings. The number of likely N-dealkylation sites (N-methyl/N-ethyl adjacent to an activating group) is 1. The summed E-state index contributed by atoms with van der Waals surface area (Å²) in [5, 5.41) is 13.0. The molecule has 1 aliphatic rings. The van der Waals surface area contributed by atoms with E-state index < -0.39 is 0 Å². The maximum absolute atomic E-state index is 11.3. The number of amides is 1. The van der Waals surface area contributed by atoms with Crippen LogP contribution in [0, 0.1) is 0 Å². The molecule has 0 saturated carbocycles. The van der Waals surface area contributed by atoms with Crippen molar-refractivity contribution in [1.29, 1.82) is 0 Å². The van der Waals surface area contributed by atoms with E-state index in [9.17, 15) is 9.90 Å². The molecule has 4 nitrogen and oxygen atoms in total. The zero-order valence-corrected chi connectivity index (χ0v) is 10.0. The number of phenolic OH excluding ortho intramolecular Hbond substituents is 1. The highest BCUT2D eigenvalue weighted by Gasteiger charge is 2.22. The van der Waals surface area contributed by atoms with Gasteiger partial charge in [-0.15, -0.1) is 0 Å². The van der Waals surface area contributed by atoms with Crippen molar-refractivity contribution in [3.05, 3.63) is 29.8 Å². The van der Waals surface area contributed by atoms with Crippen LogP contribution in [-0.2, 0) is 11.3 Å². The smallest absolute Gasteiger partial charge is 0.222 e. The van der Waals surface area contributed by atoms with E-state index in [0.29, 0.717) is 24.8 Å². The predicted octanol–water partition coefficient (Wildman–Crippen LogP) is 1.10. The van der Waals surface area contributed by atoms with Gasteiger partial charge in [0.25, 0.3) is 0 Å².